The lowest BCUT2D eigenvalue weighted by molar-refractivity contribution is -0.122. The van der Waals surface area contributed by atoms with Crippen LogP contribution in [0, 0.1) is 6.92 Å². The van der Waals surface area contributed by atoms with Gasteiger partial charge >= 0.3 is 0 Å². The van der Waals surface area contributed by atoms with Crippen molar-refractivity contribution in [2.75, 3.05) is 0 Å². The molecule has 0 radical (unpaired) electrons. The van der Waals surface area contributed by atoms with Crippen LogP contribution in [-0.4, -0.2) is 26.1 Å². The number of hydrogen-bond donors (Lipinski definition) is 1. The van der Waals surface area contributed by atoms with Crippen LogP contribution >= 0.6 is 0 Å². The molecule has 0 spiro atoms. The average Bonchev–Trinajstić information content (AvgIpc) is 3.04. The van der Waals surface area contributed by atoms with Gasteiger partial charge in [0.15, 0.2) is 0 Å². The largest absolute Gasteiger partial charge is 0.348 e. The highest BCUT2D eigenvalue weighted by Crippen LogP contribution is 2.17. The van der Waals surface area contributed by atoms with Gasteiger partial charge in [-0.3, -0.25) is 4.79 Å². The molecule has 1 unspecified atom stereocenters. The number of nitrogens with one attached hydrogen (secondary N) is 1. The molecule has 1 N–H and O–H groups in total. The third-order valence-corrected chi connectivity index (χ3v) is 3.80. The second-order valence-corrected chi connectivity index (χ2v) is 5.66. The van der Waals surface area contributed by atoms with Crippen LogP contribution in [0.2, 0.25) is 0 Å². The number of carbonyl (C=O) groups excluding carboxylic acids is 1. The molecule has 3 rings (SSSR count). The minimum absolute atomic E-state index is 0.0378. The molecule has 24 heavy (non-hydrogen) atoms. The Hall–Kier alpha value is -3.02. The Bertz CT molecular complexity index is 828. The smallest absolute Gasteiger partial charge is 0.244 e. The van der Waals surface area contributed by atoms with E-state index in [1.807, 2.05) is 68.4 Å². The van der Waals surface area contributed by atoms with Crippen molar-refractivity contribution in [3.05, 3.63) is 65.7 Å². The number of amides is 1. The van der Waals surface area contributed by atoms with Gasteiger partial charge in [-0.2, -0.15) is 4.80 Å². The molecule has 0 aliphatic rings. The Labute approximate surface area is 140 Å². The normalized spacial score (nSPS) is 11.9. The molecule has 0 aliphatic carbocycles. The van der Waals surface area contributed by atoms with Crippen molar-refractivity contribution in [2.24, 2.45) is 0 Å². The number of aromatic nitrogens is 4. The first-order valence-electron chi connectivity index (χ1n) is 7.81. The van der Waals surface area contributed by atoms with E-state index in [1.54, 1.807) is 0 Å². The van der Waals surface area contributed by atoms with Gasteiger partial charge in [0.1, 0.15) is 6.54 Å². The molecule has 122 valence electrons. The summed E-state index contributed by atoms with van der Waals surface area (Å²) in [5, 5.41) is 15.2. The Morgan fingerprint density at radius 1 is 1.12 bits per heavy atom. The molecule has 2 aromatic carbocycles. The lowest BCUT2D eigenvalue weighted by Crippen LogP contribution is -2.30. The summed E-state index contributed by atoms with van der Waals surface area (Å²) in [6.45, 7) is 3.97. The standard InChI is InChI=1S/C18H19N5O/c1-13-8-6-7-11-16(13)18-20-22-23(21-18)12-17(24)19-14(2)15-9-4-3-5-10-15/h3-11,14H,12H2,1-2H3,(H,19,24). The van der Waals surface area contributed by atoms with Crippen molar-refractivity contribution in [3.63, 3.8) is 0 Å². The van der Waals surface area contributed by atoms with Crippen molar-refractivity contribution in [3.8, 4) is 11.4 Å². The lowest BCUT2D eigenvalue weighted by Gasteiger charge is -2.13. The van der Waals surface area contributed by atoms with Gasteiger partial charge in [0.05, 0.1) is 6.04 Å². The van der Waals surface area contributed by atoms with Gasteiger partial charge in [-0.1, -0.05) is 54.6 Å². The van der Waals surface area contributed by atoms with Gasteiger partial charge in [-0.05, 0) is 30.2 Å². The fourth-order valence-corrected chi connectivity index (χ4v) is 2.48. The quantitative estimate of drug-likeness (QED) is 0.784. The molecule has 1 atom stereocenters. The Morgan fingerprint density at radius 2 is 1.83 bits per heavy atom. The number of nitrogens with zero attached hydrogens (tertiary/aromatic N) is 4. The van der Waals surface area contributed by atoms with Gasteiger partial charge < -0.3 is 5.32 Å². The number of carbonyl (C=O) groups is 1. The Kier molecular flexibility index (Phi) is 4.65. The summed E-state index contributed by atoms with van der Waals surface area (Å²) in [7, 11) is 0. The molecule has 1 amide bonds. The number of tetrazole rings is 1. The minimum atomic E-state index is -0.153. The van der Waals surface area contributed by atoms with Crippen LogP contribution < -0.4 is 5.32 Å². The van der Waals surface area contributed by atoms with E-state index in [4.69, 9.17) is 0 Å². The first kappa shape index (κ1) is 15.9. The monoisotopic (exact) mass is 321 g/mol. The SMILES string of the molecule is Cc1ccccc1-c1nnn(CC(=O)NC(C)c2ccccc2)n1. The van der Waals surface area contributed by atoms with Crippen molar-refractivity contribution >= 4 is 5.91 Å². The number of rotatable bonds is 5. The molecule has 0 fully saturated rings. The van der Waals surface area contributed by atoms with Crippen molar-refractivity contribution in [2.45, 2.75) is 26.4 Å². The maximum atomic E-state index is 12.2. The van der Waals surface area contributed by atoms with E-state index in [0.29, 0.717) is 5.82 Å². The highest BCUT2D eigenvalue weighted by Gasteiger charge is 2.13. The van der Waals surface area contributed by atoms with E-state index >= 15 is 0 Å². The molecule has 0 saturated carbocycles. The van der Waals surface area contributed by atoms with Gasteiger partial charge in [-0.25, -0.2) is 0 Å². The lowest BCUT2D eigenvalue weighted by atomic mass is 10.1. The molecule has 6 nitrogen and oxygen atoms in total. The predicted octanol–water partition coefficient (Wildman–Crippen LogP) is 2.53. The summed E-state index contributed by atoms with van der Waals surface area (Å²) >= 11 is 0. The number of hydrogen-bond acceptors (Lipinski definition) is 4. The second kappa shape index (κ2) is 7.04. The Balaban J connectivity index is 1.65. The molecule has 0 aliphatic heterocycles. The summed E-state index contributed by atoms with van der Waals surface area (Å²) in [6.07, 6.45) is 0. The van der Waals surface area contributed by atoms with Gasteiger partial charge in [-0.15, -0.1) is 10.2 Å². The molecular formula is C18H19N5O. The Morgan fingerprint density at radius 3 is 2.58 bits per heavy atom. The molecule has 0 saturated heterocycles. The third-order valence-electron chi connectivity index (χ3n) is 3.80. The average molecular weight is 321 g/mol. The van der Waals surface area contributed by atoms with E-state index in [9.17, 15) is 4.79 Å². The van der Waals surface area contributed by atoms with E-state index < -0.39 is 0 Å². The third kappa shape index (κ3) is 3.65. The van der Waals surface area contributed by atoms with Crippen molar-refractivity contribution in [1.82, 2.24) is 25.5 Å². The zero-order valence-electron chi connectivity index (χ0n) is 13.7. The predicted molar refractivity (Wildman–Crippen MR) is 91.0 cm³/mol. The van der Waals surface area contributed by atoms with Gasteiger partial charge in [0.2, 0.25) is 11.7 Å². The second-order valence-electron chi connectivity index (χ2n) is 5.66. The molecule has 3 aromatic rings. The van der Waals surface area contributed by atoms with Crippen LogP contribution in [0.3, 0.4) is 0 Å². The van der Waals surface area contributed by atoms with E-state index in [1.165, 1.54) is 4.80 Å². The number of benzene rings is 2. The molecule has 1 heterocycles. The summed E-state index contributed by atoms with van der Waals surface area (Å²) in [5.41, 5.74) is 3.04. The zero-order valence-corrected chi connectivity index (χ0v) is 13.7. The zero-order chi connectivity index (χ0) is 16.9. The fourth-order valence-electron chi connectivity index (χ4n) is 2.48. The molecule has 1 aromatic heterocycles. The maximum Gasteiger partial charge on any atom is 0.244 e. The van der Waals surface area contributed by atoms with E-state index in [2.05, 4.69) is 20.7 Å². The van der Waals surface area contributed by atoms with Crippen LogP contribution in [0.1, 0.15) is 24.1 Å². The van der Waals surface area contributed by atoms with Crippen LogP contribution in [0.25, 0.3) is 11.4 Å². The van der Waals surface area contributed by atoms with Crippen LogP contribution in [0.15, 0.2) is 54.6 Å². The van der Waals surface area contributed by atoms with Crippen molar-refractivity contribution in [1.29, 1.82) is 0 Å². The number of aryl methyl sites for hydroxylation is 1. The van der Waals surface area contributed by atoms with Crippen LogP contribution in [0.5, 0.6) is 0 Å². The van der Waals surface area contributed by atoms with Crippen LogP contribution in [-0.2, 0) is 11.3 Å². The summed E-state index contributed by atoms with van der Waals surface area (Å²) in [6, 6.07) is 17.6. The minimum Gasteiger partial charge on any atom is -0.348 e. The maximum absolute atomic E-state index is 12.2. The van der Waals surface area contributed by atoms with E-state index in [0.717, 1.165) is 16.7 Å². The molecule has 0 bridgehead atoms. The highest BCUT2D eigenvalue weighted by molar-refractivity contribution is 5.76. The van der Waals surface area contributed by atoms with Gasteiger partial charge in [0, 0.05) is 5.56 Å². The molecular weight excluding hydrogens is 302 g/mol. The van der Waals surface area contributed by atoms with Crippen LogP contribution in [0.4, 0.5) is 0 Å². The van der Waals surface area contributed by atoms with Crippen molar-refractivity contribution < 1.29 is 4.79 Å². The first-order chi connectivity index (χ1) is 11.6. The first-order valence-corrected chi connectivity index (χ1v) is 7.81. The summed E-state index contributed by atoms with van der Waals surface area (Å²) in [5.74, 6) is 0.372. The molecule has 6 heteroatoms. The highest BCUT2D eigenvalue weighted by atomic mass is 16.2. The summed E-state index contributed by atoms with van der Waals surface area (Å²) in [4.78, 5) is 13.5. The van der Waals surface area contributed by atoms with E-state index in [-0.39, 0.29) is 18.5 Å². The topological polar surface area (TPSA) is 72.7 Å². The fraction of sp³-hybridized carbons (Fsp3) is 0.222. The van der Waals surface area contributed by atoms with Gasteiger partial charge in [0.25, 0.3) is 0 Å². The summed E-state index contributed by atoms with van der Waals surface area (Å²) < 4.78 is 0.